The van der Waals surface area contributed by atoms with Gasteiger partial charge in [-0.1, -0.05) is 0 Å². The van der Waals surface area contributed by atoms with E-state index in [9.17, 15) is 0 Å². The fraction of sp³-hybridized carbons (Fsp3) is 1.00. The first-order valence-corrected chi connectivity index (χ1v) is 11.1. The molecule has 5 unspecified atom stereocenters. The second kappa shape index (κ2) is 28.3. The highest BCUT2D eigenvalue weighted by molar-refractivity contribution is 6.18. The van der Waals surface area contributed by atoms with Crippen molar-refractivity contribution in [2.75, 3.05) is 92.5 Å². The van der Waals surface area contributed by atoms with Gasteiger partial charge >= 0.3 is 0 Å². The molecule has 0 radical (unpaired) electrons. The van der Waals surface area contributed by atoms with Crippen molar-refractivity contribution < 1.29 is 74.0 Å². The topological polar surface area (TPSA) is 242 Å². The zero-order chi connectivity index (χ0) is 26.7. The van der Waals surface area contributed by atoms with Crippen LogP contribution in [0.2, 0.25) is 0 Å². The second-order valence-corrected chi connectivity index (χ2v) is 6.98. The van der Waals surface area contributed by atoms with E-state index >= 15 is 0 Å². The summed E-state index contributed by atoms with van der Waals surface area (Å²) in [6, 6.07) is 0. The maximum absolute atomic E-state index is 8.79. The first-order valence-electron chi connectivity index (χ1n) is 10.6. The van der Waals surface area contributed by atoms with Gasteiger partial charge in [-0.05, 0) is 0 Å². The summed E-state index contributed by atoms with van der Waals surface area (Å²) in [4.78, 5) is 0. The Bertz CT molecular complexity index is 372. The molecule has 16 heteroatoms. The number of epoxide rings is 3. The van der Waals surface area contributed by atoms with Crippen LogP contribution in [0.1, 0.15) is 0 Å². The van der Waals surface area contributed by atoms with E-state index < -0.39 is 25.8 Å². The van der Waals surface area contributed by atoms with Crippen LogP contribution in [-0.4, -0.2) is 154 Å². The molecule has 0 amide bonds. The molecular formula is C19H39ClO15-2. The summed E-state index contributed by atoms with van der Waals surface area (Å²) >= 11 is 5.27. The Morgan fingerprint density at radius 2 is 1.03 bits per heavy atom. The van der Waals surface area contributed by atoms with Gasteiger partial charge in [0.2, 0.25) is 0 Å². The molecule has 3 fully saturated rings. The van der Waals surface area contributed by atoms with Gasteiger partial charge < -0.3 is 74.0 Å². The van der Waals surface area contributed by atoms with Crippen molar-refractivity contribution in [1.82, 2.24) is 0 Å². The van der Waals surface area contributed by atoms with Crippen LogP contribution in [0.25, 0.3) is 0 Å². The minimum Gasteiger partial charge on any atom is -0.868 e. The number of halogens is 1. The third-order valence-electron chi connectivity index (χ3n) is 3.36. The fourth-order valence-electron chi connectivity index (χ4n) is 1.44. The Morgan fingerprint density at radius 1 is 0.714 bits per heavy atom. The number of aliphatic hydroxyl groups is 6. The predicted octanol–water partition coefficient (Wildman–Crippen LogP) is -5.32. The highest BCUT2D eigenvalue weighted by Gasteiger charge is 2.24. The van der Waals surface area contributed by atoms with Gasteiger partial charge in [-0.3, -0.25) is 0 Å². The third-order valence-corrected chi connectivity index (χ3v) is 3.71. The van der Waals surface area contributed by atoms with Crippen LogP contribution in [0.4, 0.5) is 0 Å². The molecule has 214 valence electrons. The molecule has 3 aliphatic rings. The van der Waals surface area contributed by atoms with Crippen LogP contribution < -0.4 is 10.2 Å². The molecule has 3 rings (SSSR count). The van der Waals surface area contributed by atoms with Gasteiger partial charge in [0.05, 0.1) is 71.4 Å². The maximum Gasteiger partial charge on any atom is 0.146 e. The van der Waals surface area contributed by atoms with E-state index in [1.807, 2.05) is 0 Å². The number of alkyl halides is 1. The monoisotopic (exact) mass is 542 g/mol. The minimum atomic E-state index is -1.25. The van der Waals surface area contributed by atoms with Gasteiger partial charge in [0.25, 0.3) is 0 Å². The van der Waals surface area contributed by atoms with Crippen LogP contribution in [0.5, 0.6) is 0 Å². The van der Waals surface area contributed by atoms with Gasteiger partial charge in [-0.25, -0.2) is 6.79 Å². The smallest absolute Gasteiger partial charge is 0.146 e. The SMILES string of the molecule is C(OCC1CO1)OCC1CO1.ClCC1CO1.OCC(O)COCOCC(O)CO.OCO.[O-]C[O-]. The van der Waals surface area contributed by atoms with Crippen molar-refractivity contribution in [2.24, 2.45) is 0 Å². The predicted molar refractivity (Wildman–Crippen MR) is 114 cm³/mol. The van der Waals surface area contributed by atoms with Crippen molar-refractivity contribution >= 4 is 11.6 Å². The number of hydrogen-bond donors (Lipinski definition) is 6. The molecule has 35 heavy (non-hydrogen) atoms. The standard InChI is InChI=1S/C7H16O6.C7H12O4.C3H5ClO.CH4O2.CH2O2/c8-1-6(10)3-12-5-13-4-7(11)2-9;1(6-3-10-6)8-5-9-2-7-4-11-7;4-1-3-2-5-3;2*2-1-3/h6-11H,1-5H2;6-7H,1-5H2;3H,1-2H2;2-3H,1H2;1H2/q;;;;-2. The molecule has 6 N–H and O–H groups in total. The average Bonchev–Trinajstić information content (AvgIpc) is 3.71. The van der Waals surface area contributed by atoms with E-state index in [0.717, 1.165) is 19.8 Å². The molecule has 0 spiro atoms. The van der Waals surface area contributed by atoms with E-state index in [2.05, 4.69) is 0 Å². The average molecular weight is 543 g/mol. The molecular weight excluding hydrogens is 504 g/mol. The van der Waals surface area contributed by atoms with Crippen molar-refractivity contribution in [1.29, 1.82) is 0 Å². The van der Waals surface area contributed by atoms with Crippen LogP contribution in [0.15, 0.2) is 0 Å². The molecule has 15 nitrogen and oxygen atoms in total. The quantitative estimate of drug-likeness (QED) is 0.0489. The van der Waals surface area contributed by atoms with Crippen LogP contribution in [0, 0.1) is 0 Å². The molecule has 0 bridgehead atoms. The lowest BCUT2D eigenvalue weighted by atomic mass is 10.4. The van der Waals surface area contributed by atoms with Crippen molar-refractivity contribution in [3.63, 3.8) is 0 Å². The normalized spacial score (nSPS) is 22.4. The Morgan fingerprint density at radius 3 is 1.26 bits per heavy atom. The molecule has 3 aliphatic heterocycles. The molecule has 3 saturated heterocycles. The van der Waals surface area contributed by atoms with Crippen molar-refractivity contribution in [2.45, 2.75) is 30.5 Å². The van der Waals surface area contributed by atoms with Crippen LogP contribution in [-0.2, 0) is 33.2 Å². The zero-order valence-corrected chi connectivity index (χ0v) is 20.3. The molecule has 5 atom stereocenters. The summed E-state index contributed by atoms with van der Waals surface area (Å²) in [5, 5.41) is 65.3. The van der Waals surface area contributed by atoms with Gasteiger partial charge in [-0.15, -0.1) is 11.6 Å². The number of hydrogen-bond acceptors (Lipinski definition) is 15. The lowest BCUT2D eigenvalue weighted by Gasteiger charge is -2.10. The zero-order valence-electron chi connectivity index (χ0n) is 19.5. The number of aliphatic hydroxyl groups excluding tert-OH is 5. The number of ether oxygens (including phenoxy) is 7. The largest absolute Gasteiger partial charge is 0.868 e. The lowest BCUT2D eigenvalue weighted by Crippen LogP contribution is -2.23. The Kier molecular flexibility index (Phi) is 29.8. The highest BCUT2D eigenvalue weighted by atomic mass is 35.5. The van der Waals surface area contributed by atoms with E-state index in [1.54, 1.807) is 0 Å². The van der Waals surface area contributed by atoms with Crippen LogP contribution in [0.3, 0.4) is 0 Å². The molecule has 0 aliphatic carbocycles. The van der Waals surface area contributed by atoms with E-state index in [-0.39, 0.29) is 33.2 Å². The third kappa shape index (κ3) is 35.9. The van der Waals surface area contributed by atoms with Gasteiger partial charge in [0, 0.05) is 0 Å². The fourth-order valence-corrected chi connectivity index (χ4v) is 1.61. The molecule has 3 heterocycles. The summed E-state index contributed by atoms with van der Waals surface area (Å²) in [6.45, 7) is 1.38. The summed E-state index contributed by atoms with van der Waals surface area (Å²) in [6.07, 6.45) is -0.763. The molecule has 0 aromatic heterocycles. The summed E-state index contributed by atoms with van der Waals surface area (Å²) < 4.78 is 34.4. The van der Waals surface area contributed by atoms with Crippen molar-refractivity contribution in [3.05, 3.63) is 0 Å². The van der Waals surface area contributed by atoms with Gasteiger partial charge in [0.15, 0.2) is 0 Å². The minimum absolute atomic E-state index is 0.0221. The lowest BCUT2D eigenvalue weighted by molar-refractivity contribution is -0.596. The summed E-state index contributed by atoms with van der Waals surface area (Å²) in [5.41, 5.74) is 0. The first-order chi connectivity index (χ1) is 16.9. The molecule has 0 aromatic rings. The van der Waals surface area contributed by atoms with Gasteiger partial charge in [-0.2, -0.15) is 0 Å². The van der Waals surface area contributed by atoms with Crippen LogP contribution >= 0.6 is 11.6 Å². The van der Waals surface area contributed by atoms with Gasteiger partial charge in [0.1, 0.15) is 44.8 Å². The Hall–Kier alpha value is -0.310. The molecule has 0 aromatic carbocycles. The Balaban J connectivity index is 0. The first kappa shape index (κ1) is 36.8. The molecule has 0 saturated carbocycles. The van der Waals surface area contributed by atoms with Crippen molar-refractivity contribution in [3.8, 4) is 0 Å². The Labute approximate surface area is 209 Å². The summed E-state index contributed by atoms with van der Waals surface area (Å²) in [7, 11) is 0. The van der Waals surface area contributed by atoms with E-state index in [1.165, 1.54) is 0 Å². The maximum atomic E-state index is 8.79. The van der Waals surface area contributed by atoms with E-state index in [4.69, 9.17) is 85.6 Å². The highest BCUT2D eigenvalue weighted by Crippen LogP contribution is 2.10. The van der Waals surface area contributed by atoms with E-state index in [0.29, 0.717) is 44.2 Å². The second-order valence-electron chi connectivity index (χ2n) is 6.67. The summed E-state index contributed by atoms with van der Waals surface area (Å²) in [5.74, 6) is 0.667. The number of rotatable bonds is 15.